The number of fused-ring (bicyclic) bond motifs is 2. The minimum atomic E-state index is -0.240. The van der Waals surface area contributed by atoms with Crippen LogP contribution in [-0.4, -0.2) is 35.1 Å². The first-order valence-corrected chi connectivity index (χ1v) is 14.4. The number of carbonyl (C=O) groups excluding carboxylic acids is 2. The van der Waals surface area contributed by atoms with Crippen molar-refractivity contribution in [2.45, 2.75) is 42.3 Å². The molecule has 37 heavy (non-hydrogen) atoms. The van der Waals surface area contributed by atoms with Crippen LogP contribution in [0.1, 0.15) is 33.6 Å². The molecular formula is C25H30N6O2S4. The van der Waals surface area contributed by atoms with Crippen molar-refractivity contribution >= 4 is 91.8 Å². The van der Waals surface area contributed by atoms with Crippen molar-refractivity contribution in [3.8, 4) is 0 Å². The van der Waals surface area contributed by atoms with Crippen molar-refractivity contribution in [1.82, 2.24) is 20.6 Å². The van der Waals surface area contributed by atoms with Gasteiger partial charge in [0.05, 0.1) is 20.4 Å². The van der Waals surface area contributed by atoms with Gasteiger partial charge >= 0.3 is 12.1 Å². The van der Waals surface area contributed by atoms with Gasteiger partial charge in [0.1, 0.15) is 8.68 Å². The molecule has 1 atom stereocenters. The lowest BCUT2D eigenvalue weighted by molar-refractivity contribution is 0.231. The molecule has 2 aromatic heterocycles. The van der Waals surface area contributed by atoms with Crippen molar-refractivity contribution in [1.29, 1.82) is 0 Å². The van der Waals surface area contributed by atoms with Crippen LogP contribution in [0.4, 0.5) is 21.0 Å². The van der Waals surface area contributed by atoms with E-state index in [2.05, 4.69) is 77.3 Å². The molecule has 0 aliphatic rings. The van der Waals surface area contributed by atoms with Gasteiger partial charge in [-0.3, -0.25) is 0 Å². The van der Waals surface area contributed by atoms with Crippen LogP contribution in [0.5, 0.6) is 0 Å². The number of benzene rings is 2. The topological polar surface area (TPSA) is 108 Å². The normalized spacial score (nSPS) is 12.5. The number of hydrogen-bond donors (Lipinski definition) is 6. The average molecular weight is 575 g/mol. The Morgan fingerprint density at radius 2 is 1.41 bits per heavy atom. The molecule has 0 spiro atoms. The number of nitrogens with one attached hydrogen (secondary N) is 4. The summed E-state index contributed by atoms with van der Waals surface area (Å²) < 4.78 is 3.36. The molecule has 0 bridgehead atoms. The van der Waals surface area contributed by atoms with Gasteiger partial charge in [-0.05, 0) is 60.6 Å². The van der Waals surface area contributed by atoms with E-state index in [1.54, 1.807) is 0 Å². The SMILES string of the molecule is CC(CCNC(=O)Nc1ccc2nc(S)sc2c1)CC(C)(C)CNC(=O)Nc1ccc2nc(S)sc2c1. The van der Waals surface area contributed by atoms with E-state index in [4.69, 9.17) is 0 Å². The monoisotopic (exact) mass is 574 g/mol. The smallest absolute Gasteiger partial charge is 0.319 e. The molecule has 0 aliphatic carbocycles. The first-order chi connectivity index (χ1) is 17.6. The zero-order valence-corrected chi connectivity index (χ0v) is 24.2. The number of aromatic nitrogens is 2. The molecule has 2 aromatic carbocycles. The van der Waals surface area contributed by atoms with E-state index < -0.39 is 0 Å². The van der Waals surface area contributed by atoms with Crippen molar-refractivity contribution in [2.75, 3.05) is 23.7 Å². The highest BCUT2D eigenvalue weighted by Crippen LogP contribution is 2.29. The van der Waals surface area contributed by atoms with Crippen molar-refractivity contribution < 1.29 is 9.59 Å². The van der Waals surface area contributed by atoms with Crippen LogP contribution < -0.4 is 21.3 Å². The molecular weight excluding hydrogens is 545 g/mol. The Morgan fingerprint density at radius 3 is 1.95 bits per heavy atom. The second-order valence-corrected chi connectivity index (χ2v) is 13.3. The van der Waals surface area contributed by atoms with Crippen molar-refractivity contribution in [3.63, 3.8) is 0 Å². The van der Waals surface area contributed by atoms with Gasteiger partial charge in [-0.1, -0.05) is 20.8 Å². The quantitative estimate of drug-likeness (QED) is 0.123. The Labute approximate surface area is 234 Å². The Balaban J connectivity index is 1.16. The van der Waals surface area contributed by atoms with Crippen LogP contribution in [0.25, 0.3) is 20.4 Å². The highest BCUT2D eigenvalue weighted by molar-refractivity contribution is 7.83. The molecule has 1 unspecified atom stereocenters. The molecule has 196 valence electrons. The Kier molecular flexibility index (Phi) is 8.83. The standard InChI is InChI=1S/C25H30N6O2S4/c1-14(8-9-26-21(32)28-15-4-6-17-19(10-15)36-23(34)30-17)12-25(2,3)13-27-22(33)29-16-5-7-18-20(11-16)37-24(35)31-18/h4-7,10-11,14H,8-9,12-13H2,1-3H3,(H,30,34)(H,31,35)(H2,26,28,32)(H2,27,29,33). The fraction of sp³-hybridized carbons (Fsp3) is 0.360. The van der Waals surface area contributed by atoms with Crippen LogP contribution in [0.15, 0.2) is 45.1 Å². The molecule has 0 radical (unpaired) electrons. The van der Waals surface area contributed by atoms with E-state index in [9.17, 15) is 9.59 Å². The van der Waals surface area contributed by atoms with Crippen LogP contribution in [0, 0.1) is 11.3 Å². The molecule has 0 aliphatic heterocycles. The lowest BCUT2D eigenvalue weighted by atomic mass is 9.82. The molecule has 0 saturated carbocycles. The Morgan fingerprint density at radius 1 is 0.892 bits per heavy atom. The lowest BCUT2D eigenvalue weighted by Crippen LogP contribution is -2.38. The maximum absolute atomic E-state index is 12.4. The largest absolute Gasteiger partial charge is 0.338 e. The summed E-state index contributed by atoms with van der Waals surface area (Å²) in [4.78, 5) is 33.4. The molecule has 12 heteroatoms. The maximum Gasteiger partial charge on any atom is 0.319 e. The molecule has 8 nitrogen and oxygen atoms in total. The molecule has 4 aromatic rings. The molecule has 0 fully saturated rings. The number of thiazole rings is 2. The summed E-state index contributed by atoms with van der Waals surface area (Å²) in [6.45, 7) is 7.53. The van der Waals surface area contributed by atoms with E-state index in [-0.39, 0.29) is 17.5 Å². The highest BCUT2D eigenvalue weighted by Gasteiger charge is 2.22. The van der Waals surface area contributed by atoms with Gasteiger partial charge in [-0.25, -0.2) is 19.6 Å². The zero-order chi connectivity index (χ0) is 26.6. The fourth-order valence-corrected chi connectivity index (χ4v) is 6.50. The number of carbonyl (C=O) groups is 2. The Bertz CT molecular complexity index is 1420. The number of urea groups is 2. The summed E-state index contributed by atoms with van der Waals surface area (Å²) in [5, 5.41) is 11.7. The third-order valence-corrected chi connectivity index (χ3v) is 8.21. The lowest BCUT2D eigenvalue weighted by Gasteiger charge is -2.28. The third kappa shape index (κ3) is 7.97. The van der Waals surface area contributed by atoms with Crippen LogP contribution in [-0.2, 0) is 0 Å². The molecule has 2 heterocycles. The van der Waals surface area contributed by atoms with Crippen LogP contribution in [0.2, 0.25) is 0 Å². The van der Waals surface area contributed by atoms with Crippen LogP contribution in [0.3, 0.4) is 0 Å². The summed E-state index contributed by atoms with van der Waals surface area (Å²) >= 11 is 11.5. The Hall–Kier alpha value is -2.54. The average Bonchev–Trinajstić information content (AvgIpc) is 3.37. The minimum Gasteiger partial charge on any atom is -0.338 e. The van der Waals surface area contributed by atoms with Gasteiger partial charge in [0.2, 0.25) is 0 Å². The summed E-state index contributed by atoms with van der Waals surface area (Å²) in [5.41, 5.74) is 3.08. The molecule has 4 amide bonds. The highest BCUT2D eigenvalue weighted by atomic mass is 32.2. The van der Waals surface area contributed by atoms with E-state index in [1.165, 1.54) is 22.7 Å². The maximum atomic E-state index is 12.4. The van der Waals surface area contributed by atoms with Gasteiger partial charge in [0.25, 0.3) is 0 Å². The van der Waals surface area contributed by atoms with E-state index >= 15 is 0 Å². The fourth-order valence-electron chi connectivity index (χ4n) is 4.20. The van der Waals surface area contributed by atoms with E-state index in [1.807, 2.05) is 36.4 Å². The summed E-state index contributed by atoms with van der Waals surface area (Å²) in [5.74, 6) is 0.367. The summed E-state index contributed by atoms with van der Waals surface area (Å²) in [6, 6.07) is 10.7. The number of anilines is 2. The van der Waals surface area contributed by atoms with Gasteiger partial charge in [0, 0.05) is 24.5 Å². The molecule has 4 N–H and O–H groups in total. The van der Waals surface area contributed by atoms with E-state index in [0.717, 1.165) is 44.6 Å². The van der Waals surface area contributed by atoms with Gasteiger partial charge in [0.15, 0.2) is 0 Å². The number of rotatable bonds is 9. The summed E-state index contributed by atoms with van der Waals surface area (Å²) in [7, 11) is 0. The second-order valence-electron chi connectivity index (χ2n) is 9.81. The predicted octanol–water partition coefficient (Wildman–Crippen LogP) is 6.87. The number of amides is 4. The molecule has 4 rings (SSSR count). The molecule has 0 saturated heterocycles. The van der Waals surface area contributed by atoms with Gasteiger partial charge in [-0.15, -0.1) is 47.9 Å². The number of nitrogens with zero attached hydrogens (tertiary/aromatic N) is 2. The van der Waals surface area contributed by atoms with Crippen molar-refractivity contribution in [3.05, 3.63) is 36.4 Å². The first-order valence-electron chi connectivity index (χ1n) is 11.9. The van der Waals surface area contributed by atoms with Crippen LogP contribution >= 0.6 is 47.9 Å². The minimum absolute atomic E-state index is 0.0996. The van der Waals surface area contributed by atoms with Crippen molar-refractivity contribution in [2.24, 2.45) is 11.3 Å². The predicted molar refractivity (Wildman–Crippen MR) is 160 cm³/mol. The third-order valence-electron chi connectivity index (χ3n) is 5.82. The second kappa shape index (κ2) is 11.9. The number of hydrogen-bond acceptors (Lipinski definition) is 8. The van der Waals surface area contributed by atoms with E-state index in [0.29, 0.717) is 27.7 Å². The van der Waals surface area contributed by atoms with Gasteiger partial charge in [-0.2, -0.15) is 0 Å². The number of thiol groups is 2. The summed E-state index contributed by atoms with van der Waals surface area (Å²) in [6.07, 6.45) is 1.74. The first kappa shape index (κ1) is 27.5. The zero-order valence-electron chi connectivity index (χ0n) is 20.8. The van der Waals surface area contributed by atoms with Gasteiger partial charge < -0.3 is 21.3 Å².